The molecule has 0 bridgehead atoms. The third-order valence-corrected chi connectivity index (χ3v) is 4.45. The van der Waals surface area contributed by atoms with Gasteiger partial charge in [0, 0.05) is 6.07 Å². The molecule has 0 N–H and O–H groups in total. The second-order valence-corrected chi connectivity index (χ2v) is 5.96. The summed E-state index contributed by atoms with van der Waals surface area (Å²) in [7, 11) is 0. The molecule has 20 heavy (non-hydrogen) atoms. The van der Waals surface area contributed by atoms with Crippen molar-refractivity contribution >= 4 is 0 Å². The topological polar surface area (TPSA) is 0 Å². The Hall–Kier alpha value is -0.990. The standard InChI is InChI=1S/C17H23F3/c18-9-3-1-2-4-13-5-7-14(8-6-13)15-10-16(19)12-17(20)11-15/h10-14H,1-9H2. The van der Waals surface area contributed by atoms with Crippen molar-refractivity contribution in [3.8, 4) is 0 Å². The van der Waals surface area contributed by atoms with E-state index in [-0.39, 0.29) is 6.67 Å². The number of benzene rings is 1. The van der Waals surface area contributed by atoms with Crippen molar-refractivity contribution in [2.75, 3.05) is 6.67 Å². The predicted octanol–water partition coefficient (Wildman–Crippen LogP) is 5.77. The maximum Gasteiger partial charge on any atom is 0.126 e. The highest BCUT2D eigenvalue weighted by molar-refractivity contribution is 5.22. The zero-order chi connectivity index (χ0) is 14.4. The molecule has 0 atom stereocenters. The fourth-order valence-electron chi connectivity index (χ4n) is 3.30. The minimum atomic E-state index is -0.478. The molecule has 1 aliphatic rings. The van der Waals surface area contributed by atoms with Gasteiger partial charge in [-0.05, 0) is 61.6 Å². The van der Waals surface area contributed by atoms with E-state index >= 15 is 0 Å². The molecule has 3 heteroatoms. The van der Waals surface area contributed by atoms with Gasteiger partial charge in [-0.25, -0.2) is 8.78 Å². The molecule has 1 aromatic carbocycles. The van der Waals surface area contributed by atoms with Crippen LogP contribution in [0.3, 0.4) is 0 Å². The summed E-state index contributed by atoms with van der Waals surface area (Å²) in [4.78, 5) is 0. The summed E-state index contributed by atoms with van der Waals surface area (Å²) >= 11 is 0. The molecule has 0 aliphatic heterocycles. The van der Waals surface area contributed by atoms with Gasteiger partial charge in [-0.3, -0.25) is 4.39 Å². The summed E-state index contributed by atoms with van der Waals surface area (Å²) in [5.41, 5.74) is 0.804. The van der Waals surface area contributed by atoms with Crippen molar-refractivity contribution < 1.29 is 13.2 Å². The van der Waals surface area contributed by atoms with Crippen LogP contribution in [-0.4, -0.2) is 6.67 Å². The molecule has 2 rings (SSSR count). The lowest BCUT2D eigenvalue weighted by Gasteiger charge is -2.29. The summed E-state index contributed by atoms with van der Waals surface area (Å²) in [5.74, 6) is 0.0493. The Morgan fingerprint density at radius 2 is 1.50 bits per heavy atom. The van der Waals surface area contributed by atoms with Crippen LogP contribution in [0.15, 0.2) is 18.2 Å². The van der Waals surface area contributed by atoms with Crippen molar-refractivity contribution in [3.63, 3.8) is 0 Å². The molecule has 0 nitrogen and oxygen atoms in total. The van der Waals surface area contributed by atoms with Gasteiger partial charge in [0.15, 0.2) is 0 Å². The van der Waals surface area contributed by atoms with Crippen LogP contribution in [0, 0.1) is 17.6 Å². The third kappa shape index (κ3) is 4.53. The Morgan fingerprint density at radius 3 is 2.10 bits per heavy atom. The largest absolute Gasteiger partial charge is 0.251 e. The van der Waals surface area contributed by atoms with Crippen molar-refractivity contribution in [1.29, 1.82) is 0 Å². The Balaban J connectivity index is 1.79. The summed E-state index contributed by atoms with van der Waals surface area (Å²) in [6, 6.07) is 3.87. The molecular weight excluding hydrogens is 261 g/mol. The Morgan fingerprint density at radius 1 is 0.850 bits per heavy atom. The van der Waals surface area contributed by atoms with Crippen LogP contribution < -0.4 is 0 Å². The van der Waals surface area contributed by atoms with Crippen LogP contribution in [-0.2, 0) is 0 Å². The summed E-state index contributed by atoms with van der Waals surface area (Å²) in [6.45, 7) is -0.210. The lowest BCUT2D eigenvalue weighted by molar-refractivity contribution is 0.299. The summed E-state index contributed by atoms with van der Waals surface area (Å²) in [6.07, 6.45) is 8.20. The molecule has 0 aromatic heterocycles. The second-order valence-electron chi connectivity index (χ2n) is 5.96. The van der Waals surface area contributed by atoms with Crippen LogP contribution in [0.2, 0.25) is 0 Å². The lowest BCUT2D eigenvalue weighted by Crippen LogP contribution is -2.13. The van der Waals surface area contributed by atoms with Crippen molar-refractivity contribution in [3.05, 3.63) is 35.4 Å². The number of unbranched alkanes of at least 4 members (excludes halogenated alkanes) is 2. The van der Waals surface area contributed by atoms with E-state index in [0.29, 0.717) is 18.3 Å². The maximum atomic E-state index is 13.2. The fraction of sp³-hybridized carbons (Fsp3) is 0.647. The van der Waals surface area contributed by atoms with E-state index in [9.17, 15) is 13.2 Å². The smallest absolute Gasteiger partial charge is 0.126 e. The Bertz CT molecular complexity index is 388. The van der Waals surface area contributed by atoms with E-state index in [0.717, 1.165) is 50.2 Å². The molecule has 0 amide bonds. The number of alkyl halides is 1. The minimum absolute atomic E-state index is 0.210. The first-order valence-corrected chi connectivity index (χ1v) is 7.71. The Kier molecular flexibility index (Phi) is 5.93. The van der Waals surface area contributed by atoms with E-state index in [1.54, 1.807) is 0 Å². The van der Waals surface area contributed by atoms with Crippen molar-refractivity contribution in [2.24, 2.45) is 5.92 Å². The summed E-state index contributed by atoms with van der Waals surface area (Å²) in [5, 5.41) is 0. The quantitative estimate of drug-likeness (QED) is 0.582. The molecule has 1 aliphatic carbocycles. The van der Waals surface area contributed by atoms with Gasteiger partial charge in [0.2, 0.25) is 0 Å². The predicted molar refractivity (Wildman–Crippen MR) is 75.5 cm³/mol. The van der Waals surface area contributed by atoms with Crippen LogP contribution >= 0.6 is 0 Å². The van der Waals surface area contributed by atoms with Crippen LogP contribution in [0.5, 0.6) is 0 Å². The SMILES string of the molecule is FCCCCCC1CCC(c2cc(F)cc(F)c2)CC1. The first-order chi connectivity index (χ1) is 9.69. The zero-order valence-corrected chi connectivity index (χ0v) is 11.9. The van der Waals surface area contributed by atoms with E-state index in [1.165, 1.54) is 18.6 Å². The van der Waals surface area contributed by atoms with Crippen molar-refractivity contribution in [1.82, 2.24) is 0 Å². The molecule has 1 aromatic rings. The molecule has 1 fully saturated rings. The van der Waals surface area contributed by atoms with Gasteiger partial charge < -0.3 is 0 Å². The van der Waals surface area contributed by atoms with Gasteiger partial charge in [-0.2, -0.15) is 0 Å². The van der Waals surface area contributed by atoms with Crippen LogP contribution in [0.25, 0.3) is 0 Å². The first kappa shape index (κ1) is 15.4. The van der Waals surface area contributed by atoms with Gasteiger partial charge in [0.1, 0.15) is 11.6 Å². The fourth-order valence-corrected chi connectivity index (χ4v) is 3.30. The van der Waals surface area contributed by atoms with Gasteiger partial charge >= 0.3 is 0 Å². The van der Waals surface area contributed by atoms with E-state index in [2.05, 4.69) is 0 Å². The molecule has 0 spiro atoms. The third-order valence-electron chi connectivity index (χ3n) is 4.45. The van der Waals surface area contributed by atoms with E-state index in [4.69, 9.17) is 0 Å². The second kappa shape index (κ2) is 7.70. The number of rotatable bonds is 6. The van der Waals surface area contributed by atoms with Gasteiger partial charge in [0.25, 0.3) is 0 Å². The van der Waals surface area contributed by atoms with Crippen LogP contribution in [0.4, 0.5) is 13.2 Å². The molecule has 1 saturated carbocycles. The normalized spacial score (nSPS) is 22.9. The molecule has 0 heterocycles. The average Bonchev–Trinajstić information content (AvgIpc) is 2.43. The molecular formula is C17H23F3. The highest BCUT2D eigenvalue weighted by Crippen LogP contribution is 2.38. The summed E-state index contributed by atoms with van der Waals surface area (Å²) < 4.78 is 38.5. The number of halogens is 3. The monoisotopic (exact) mass is 284 g/mol. The highest BCUT2D eigenvalue weighted by atomic mass is 19.1. The lowest BCUT2D eigenvalue weighted by atomic mass is 9.77. The van der Waals surface area contributed by atoms with Gasteiger partial charge in [-0.1, -0.05) is 19.3 Å². The molecule has 112 valence electrons. The highest BCUT2D eigenvalue weighted by Gasteiger charge is 2.22. The Labute approximate surface area is 119 Å². The molecule has 0 unspecified atom stereocenters. The first-order valence-electron chi connectivity index (χ1n) is 7.71. The van der Waals surface area contributed by atoms with Crippen LogP contribution in [0.1, 0.15) is 62.8 Å². The number of hydrogen-bond acceptors (Lipinski definition) is 0. The average molecular weight is 284 g/mol. The zero-order valence-electron chi connectivity index (χ0n) is 11.9. The van der Waals surface area contributed by atoms with Gasteiger partial charge in [-0.15, -0.1) is 0 Å². The number of hydrogen-bond donors (Lipinski definition) is 0. The molecule has 0 radical (unpaired) electrons. The molecule has 0 saturated heterocycles. The maximum absolute atomic E-state index is 13.2. The van der Waals surface area contributed by atoms with Crippen molar-refractivity contribution in [2.45, 2.75) is 57.3 Å². The van der Waals surface area contributed by atoms with E-state index in [1.807, 2.05) is 0 Å². The minimum Gasteiger partial charge on any atom is -0.251 e. The van der Waals surface area contributed by atoms with E-state index < -0.39 is 11.6 Å². The van der Waals surface area contributed by atoms with Gasteiger partial charge in [0.05, 0.1) is 6.67 Å².